The zero-order valence-electron chi connectivity index (χ0n) is 15.6. The van der Waals surface area contributed by atoms with Crippen molar-refractivity contribution in [3.8, 4) is 5.75 Å². The Labute approximate surface area is 188 Å². The van der Waals surface area contributed by atoms with Crippen molar-refractivity contribution in [2.24, 2.45) is 5.10 Å². The molecule has 5 rings (SSSR count). The van der Waals surface area contributed by atoms with Crippen LogP contribution in [-0.4, -0.2) is 10.7 Å². The van der Waals surface area contributed by atoms with Crippen LogP contribution in [0.4, 0.5) is 0 Å². The number of halogens is 3. The van der Waals surface area contributed by atoms with E-state index in [0.717, 1.165) is 33.3 Å². The largest absolute Gasteiger partial charge is 0.463 e. The van der Waals surface area contributed by atoms with Gasteiger partial charge in [0.1, 0.15) is 5.75 Å². The Hall–Kier alpha value is -2.01. The van der Waals surface area contributed by atoms with Crippen molar-refractivity contribution in [2.75, 3.05) is 0 Å². The summed E-state index contributed by atoms with van der Waals surface area (Å²) in [5, 5.41) is 8.14. The quantitative estimate of drug-likeness (QED) is 0.378. The summed E-state index contributed by atoms with van der Waals surface area (Å²) >= 11 is 16.3. The average molecular weight is 488 g/mol. The Kier molecular flexibility index (Phi) is 4.81. The minimum absolute atomic E-state index is 0.0138. The highest BCUT2D eigenvalue weighted by atomic mass is 79.9. The van der Waals surface area contributed by atoms with Gasteiger partial charge in [0.05, 0.1) is 16.8 Å². The lowest BCUT2D eigenvalue weighted by Crippen LogP contribution is -2.33. The molecular weight excluding hydrogens is 471 g/mol. The lowest BCUT2D eigenvalue weighted by molar-refractivity contribution is -0.0189. The van der Waals surface area contributed by atoms with Gasteiger partial charge in [0.25, 0.3) is 0 Å². The highest BCUT2D eigenvalue weighted by Crippen LogP contribution is 2.50. The molecule has 3 aromatic carbocycles. The Morgan fingerprint density at radius 1 is 1.03 bits per heavy atom. The maximum absolute atomic E-state index is 6.51. The lowest BCUT2D eigenvalue weighted by Gasteiger charge is -2.38. The number of aryl methyl sites for hydroxylation is 1. The SMILES string of the molecule is Cc1ccc(C2=NN3[C@H](C2)c2cc(Cl)cc(Cl)c2O[C@H]3c2ccc(Br)cc2)cc1. The molecule has 0 saturated heterocycles. The van der Waals surface area contributed by atoms with Crippen LogP contribution in [0, 0.1) is 6.92 Å². The number of rotatable bonds is 2. The van der Waals surface area contributed by atoms with Crippen LogP contribution in [0.2, 0.25) is 10.0 Å². The van der Waals surface area contributed by atoms with Crippen molar-refractivity contribution in [3.05, 3.63) is 97.4 Å². The monoisotopic (exact) mass is 486 g/mol. The molecular formula is C23H17BrCl2N2O. The Balaban J connectivity index is 1.62. The third-order valence-electron chi connectivity index (χ3n) is 5.35. The molecule has 0 unspecified atom stereocenters. The van der Waals surface area contributed by atoms with Crippen molar-refractivity contribution < 1.29 is 4.74 Å². The Morgan fingerprint density at radius 2 is 1.76 bits per heavy atom. The summed E-state index contributed by atoms with van der Waals surface area (Å²) in [5.41, 5.74) is 5.37. The normalized spacial score (nSPS) is 20.0. The van der Waals surface area contributed by atoms with Gasteiger partial charge >= 0.3 is 0 Å². The maximum Gasteiger partial charge on any atom is 0.213 e. The van der Waals surface area contributed by atoms with E-state index in [0.29, 0.717) is 15.8 Å². The first-order valence-electron chi connectivity index (χ1n) is 9.33. The number of hydrogen-bond acceptors (Lipinski definition) is 3. The van der Waals surface area contributed by atoms with Crippen molar-refractivity contribution in [3.63, 3.8) is 0 Å². The summed E-state index contributed by atoms with van der Waals surface area (Å²) in [5.74, 6) is 0.686. The third kappa shape index (κ3) is 3.43. The van der Waals surface area contributed by atoms with Gasteiger partial charge in [-0.2, -0.15) is 5.10 Å². The average Bonchev–Trinajstić information content (AvgIpc) is 3.14. The highest BCUT2D eigenvalue weighted by Gasteiger charge is 2.42. The van der Waals surface area contributed by atoms with Gasteiger partial charge in [-0.25, -0.2) is 5.01 Å². The Morgan fingerprint density at radius 3 is 2.48 bits per heavy atom. The fraction of sp³-hybridized carbons (Fsp3) is 0.174. The van der Waals surface area contributed by atoms with Gasteiger partial charge in [-0.05, 0) is 36.8 Å². The van der Waals surface area contributed by atoms with E-state index in [1.807, 2.05) is 35.3 Å². The first kappa shape index (κ1) is 19.0. The number of benzene rings is 3. The molecule has 2 aliphatic heterocycles. The minimum Gasteiger partial charge on any atom is -0.463 e. The van der Waals surface area contributed by atoms with Crippen LogP contribution >= 0.6 is 39.1 Å². The second-order valence-electron chi connectivity index (χ2n) is 7.34. The van der Waals surface area contributed by atoms with Crippen molar-refractivity contribution in [1.29, 1.82) is 0 Å². The first-order chi connectivity index (χ1) is 14.0. The van der Waals surface area contributed by atoms with E-state index in [4.69, 9.17) is 33.0 Å². The summed E-state index contributed by atoms with van der Waals surface area (Å²) in [6.45, 7) is 2.08. The second-order valence-corrected chi connectivity index (χ2v) is 9.10. The number of hydrogen-bond donors (Lipinski definition) is 0. The Bertz CT molecular complexity index is 1110. The van der Waals surface area contributed by atoms with Gasteiger partial charge in [-0.1, -0.05) is 81.1 Å². The summed E-state index contributed by atoms with van der Waals surface area (Å²) in [4.78, 5) is 0. The fourth-order valence-electron chi connectivity index (χ4n) is 3.88. The molecule has 0 fully saturated rings. The molecule has 0 aromatic heterocycles. The molecule has 29 heavy (non-hydrogen) atoms. The first-order valence-corrected chi connectivity index (χ1v) is 10.9. The number of hydrazone groups is 1. The molecule has 2 atom stereocenters. The molecule has 3 aromatic rings. The van der Waals surface area contributed by atoms with Crippen LogP contribution in [0.15, 0.2) is 70.2 Å². The van der Waals surface area contributed by atoms with Crippen molar-refractivity contribution in [1.82, 2.24) is 5.01 Å². The summed E-state index contributed by atoms with van der Waals surface area (Å²) < 4.78 is 7.39. The summed E-state index contributed by atoms with van der Waals surface area (Å²) in [6.07, 6.45) is 0.408. The van der Waals surface area contributed by atoms with Gasteiger partial charge in [0, 0.05) is 27.0 Å². The van der Waals surface area contributed by atoms with Crippen LogP contribution in [0.1, 0.15) is 40.9 Å². The van der Waals surface area contributed by atoms with E-state index in [1.165, 1.54) is 5.56 Å². The molecule has 146 valence electrons. The molecule has 2 aliphatic rings. The molecule has 3 nitrogen and oxygen atoms in total. The van der Waals surface area contributed by atoms with Crippen LogP contribution in [-0.2, 0) is 0 Å². The van der Waals surface area contributed by atoms with Crippen LogP contribution in [0.5, 0.6) is 5.75 Å². The van der Waals surface area contributed by atoms with Crippen molar-refractivity contribution >= 4 is 44.8 Å². The molecule has 0 N–H and O–H groups in total. The molecule has 0 saturated carbocycles. The van der Waals surface area contributed by atoms with E-state index in [2.05, 4.69) is 47.1 Å². The van der Waals surface area contributed by atoms with Gasteiger partial charge < -0.3 is 4.74 Å². The zero-order chi connectivity index (χ0) is 20.1. The molecule has 0 amide bonds. The molecule has 0 spiro atoms. The molecule has 2 heterocycles. The van der Waals surface area contributed by atoms with Crippen LogP contribution < -0.4 is 4.74 Å². The lowest BCUT2D eigenvalue weighted by atomic mass is 9.95. The molecule has 6 heteroatoms. The predicted molar refractivity (Wildman–Crippen MR) is 121 cm³/mol. The van der Waals surface area contributed by atoms with E-state index in [1.54, 1.807) is 6.07 Å². The maximum atomic E-state index is 6.51. The molecule has 0 aliphatic carbocycles. The van der Waals surface area contributed by atoms with E-state index in [-0.39, 0.29) is 12.3 Å². The second kappa shape index (κ2) is 7.35. The minimum atomic E-state index is -0.359. The third-order valence-corrected chi connectivity index (χ3v) is 6.38. The zero-order valence-corrected chi connectivity index (χ0v) is 18.7. The van der Waals surface area contributed by atoms with Crippen LogP contribution in [0.3, 0.4) is 0 Å². The van der Waals surface area contributed by atoms with Gasteiger partial charge in [-0.3, -0.25) is 0 Å². The standard InChI is InChI=1S/C23H17BrCl2N2O/c1-13-2-4-14(5-3-13)20-12-21-18-10-17(25)11-19(26)22(18)29-23(28(21)27-20)15-6-8-16(24)9-7-15/h2-11,21,23H,12H2,1H3/t21-,23+/m1/s1. The van der Waals surface area contributed by atoms with Crippen molar-refractivity contribution in [2.45, 2.75) is 25.6 Å². The predicted octanol–water partition coefficient (Wildman–Crippen LogP) is 7.31. The van der Waals surface area contributed by atoms with E-state index < -0.39 is 0 Å². The highest BCUT2D eigenvalue weighted by molar-refractivity contribution is 9.10. The number of fused-ring (bicyclic) bond motifs is 3. The van der Waals surface area contributed by atoms with E-state index in [9.17, 15) is 0 Å². The molecule has 0 bridgehead atoms. The summed E-state index contributed by atoms with van der Waals surface area (Å²) in [6, 6.07) is 20.2. The number of ether oxygens (including phenoxy) is 1. The van der Waals surface area contributed by atoms with Gasteiger partial charge in [-0.15, -0.1) is 0 Å². The van der Waals surface area contributed by atoms with Gasteiger partial charge in [0.2, 0.25) is 6.23 Å². The number of nitrogens with zero attached hydrogens (tertiary/aromatic N) is 2. The van der Waals surface area contributed by atoms with E-state index >= 15 is 0 Å². The smallest absolute Gasteiger partial charge is 0.213 e. The molecule has 0 radical (unpaired) electrons. The topological polar surface area (TPSA) is 24.8 Å². The fourth-order valence-corrected chi connectivity index (χ4v) is 4.70. The van der Waals surface area contributed by atoms with Gasteiger partial charge in [0.15, 0.2) is 0 Å². The summed E-state index contributed by atoms with van der Waals surface area (Å²) in [7, 11) is 0. The van der Waals surface area contributed by atoms with Crippen LogP contribution in [0.25, 0.3) is 0 Å².